The number of carbonyl (C=O) groups is 2. The van der Waals surface area contributed by atoms with E-state index in [9.17, 15) is 9.59 Å². The van der Waals surface area contributed by atoms with E-state index in [1.54, 1.807) is 4.90 Å². The van der Waals surface area contributed by atoms with Gasteiger partial charge in [0.15, 0.2) is 0 Å². The van der Waals surface area contributed by atoms with Gasteiger partial charge in [0.2, 0.25) is 0 Å². The Bertz CT molecular complexity index is 455. The zero-order valence-corrected chi connectivity index (χ0v) is 11.5. The molecule has 5 heteroatoms. The Hall–Kier alpha value is -1.36. The molecule has 1 amide bonds. The summed E-state index contributed by atoms with van der Waals surface area (Å²) < 4.78 is 4.79. The molecular weight excluding hydrogens is 250 g/mol. The molecule has 1 aromatic rings. The first-order valence-corrected chi connectivity index (χ1v) is 6.96. The van der Waals surface area contributed by atoms with Gasteiger partial charge in [0.05, 0.1) is 12.0 Å². The molecule has 1 aliphatic heterocycles. The second kappa shape index (κ2) is 5.52. The van der Waals surface area contributed by atoms with Gasteiger partial charge in [0.1, 0.15) is 6.04 Å². The summed E-state index contributed by atoms with van der Waals surface area (Å²) in [4.78, 5) is 26.6. The van der Waals surface area contributed by atoms with Gasteiger partial charge in [-0.25, -0.2) is 4.79 Å². The largest absolute Gasteiger partial charge is 0.467 e. The first-order valence-electron chi connectivity index (χ1n) is 6.08. The molecule has 0 aromatic carbocycles. The van der Waals surface area contributed by atoms with Crippen molar-refractivity contribution < 1.29 is 14.3 Å². The summed E-state index contributed by atoms with van der Waals surface area (Å²) in [6.07, 6.45) is 2.61. The third-order valence-corrected chi connectivity index (χ3v) is 4.30. The van der Waals surface area contributed by atoms with Gasteiger partial charge in [-0.1, -0.05) is 0 Å². The zero-order valence-electron chi connectivity index (χ0n) is 10.6. The molecule has 1 saturated heterocycles. The third-order valence-electron chi connectivity index (χ3n) is 3.29. The fourth-order valence-electron chi connectivity index (χ4n) is 2.28. The Kier molecular flexibility index (Phi) is 4.01. The van der Waals surface area contributed by atoms with E-state index in [4.69, 9.17) is 4.74 Å². The maximum atomic E-state index is 12.4. The van der Waals surface area contributed by atoms with Crippen molar-refractivity contribution in [2.24, 2.45) is 0 Å². The maximum absolute atomic E-state index is 12.4. The highest BCUT2D eigenvalue weighted by atomic mass is 32.1. The van der Waals surface area contributed by atoms with Crippen molar-refractivity contribution in [3.8, 4) is 0 Å². The molecule has 2 heterocycles. The molecule has 0 radical (unpaired) electrons. The van der Waals surface area contributed by atoms with Gasteiger partial charge in [-0.2, -0.15) is 0 Å². The molecule has 1 fully saturated rings. The number of thiophene rings is 1. The molecule has 2 rings (SSSR count). The smallest absolute Gasteiger partial charge is 0.328 e. The number of piperidine rings is 1. The number of nitrogens with zero attached hydrogens (tertiary/aromatic N) is 1. The maximum Gasteiger partial charge on any atom is 0.328 e. The quantitative estimate of drug-likeness (QED) is 0.772. The number of hydrogen-bond donors (Lipinski definition) is 0. The summed E-state index contributed by atoms with van der Waals surface area (Å²) in [5.74, 6) is -0.352. The van der Waals surface area contributed by atoms with Gasteiger partial charge in [-0.05, 0) is 43.2 Å². The van der Waals surface area contributed by atoms with Gasteiger partial charge in [0, 0.05) is 6.54 Å². The molecule has 0 N–H and O–H groups in total. The number of amides is 1. The Labute approximate surface area is 111 Å². The fraction of sp³-hybridized carbons (Fsp3) is 0.538. The summed E-state index contributed by atoms with van der Waals surface area (Å²) in [7, 11) is 1.37. The summed E-state index contributed by atoms with van der Waals surface area (Å²) in [6, 6.07) is 1.51. The molecule has 98 valence electrons. The van der Waals surface area contributed by atoms with Crippen LogP contribution in [0, 0.1) is 6.92 Å². The van der Waals surface area contributed by atoms with Crippen molar-refractivity contribution in [2.75, 3.05) is 13.7 Å². The molecule has 1 aliphatic rings. The van der Waals surface area contributed by atoms with Crippen LogP contribution in [0.2, 0.25) is 0 Å². The topological polar surface area (TPSA) is 46.6 Å². The molecule has 0 unspecified atom stereocenters. The Morgan fingerprint density at radius 1 is 1.44 bits per heavy atom. The molecule has 0 spiro atoms. The van der Waals surface area contributed by atoms with Crippen LogP contribution in [-0.4, -0.2) is 36.5 Å². The van der Waals surface area contributed by atoms with Crippen LogP contribution in [0.25, 0.3) is 0 Å². The van der Waals surface area contributed by atoms with Gasteiger partial charge in [0.25, 0.3) is 5.91 Å². The van der Waals surface area contributed by atoms with E-state index in [0.29, 0.717) is 13.0 Å². The minimum Gasteiger partial charge on any atom is -0.467 e. The second-order valence-electron chi connectivity index (χ2n) is 4.47. The third kappa shape index (κ3) is 2.41. The summed E-state index contributed by atoms with van der Waals surface area (Å²) in [5, 5.41) is 1.90. The Morgan fingerprint density at radius 2 is 2.22 bits per heavy atom. The monoisotopic (exact) mass is 267 g/mol. The average molecular weight is 267 g/mol. The zero-order chi connectivity index (χ0) is 13.1. The van der Waals surface area contributed by atoms with Crippen LogP contribution in [-0.2, 0) is 9.53 Å². The van der Waals surface area contributed by atoms with Crippen molar-refractivity contribution in [3.63, 3.8) is 0 Å². The average Bonchev–Trinajstić information content (AvgIpc) is 2.83. The van der Waals surface area contributed by atoms with E-state index >= 15 is 0 Å². The van der Waals surface area contributed by atoms with E-state index in [2.05, 4.69) is 0 Å². The number of methoxy groups -OCH3 is 1. The van der Waals surface area contributed by atoms with Crippen LogP contribution in [0.4, 0.5) is 0 Å². The Balaban J connectivity index is 2.21. The normalized spacial score (nSPS) is 19.7. The number of carbonyl (C=O) groups excluding carboxylic acids is 2. The highest BCUT2D eigenvalue weighted by Crippen LogP contribution is 2.24. The van der Waals surface area contributed by atoms with Crippen LogP contribution in [0.3, 0.4) is 0 Å². The fourth-order valence-corrected chi connectivity index (χ4v) is 3.16. The molecule has 1 atom stereocenters. The lowest BCUT2D eigenvalue weighted by atomic mass is 10.0. The lowest BCUT2D eigenvalue weighted by Gasteiger charge is -2.33. The van der Waals surface area contributed by atoms with Crippen molar-refractivity contribution >= 4 is 23.2 Å². The van der Waals surface area contributed by atoms with E-state index < -0.39 is 6.04 Å². The Morgan fingerprint density at radius 3 is 2.83 bits per heavy atom. The molecule has 1 aromatic heterocycles. The highest BCUT2D eigenvalue weighted by molar-refractivity contribution is 7.12. The predicted octanol–water partition coefficient (Wildman–Crippen LogP) is 2.22. The summed E-state index contributed by atoms with van der Waals surface area (Å²) >= 11 is 1.43. The van der Waals surface area contributed by atoms with Crippen LogP contribution < -0.4 is 0 Å². The number of aryl methyl sites for hydroxylation is 1. The minimum atomic E-state index is -0.419. The minimum absolute atomic E-state index is 0.0439. The van der Waals surface area contributed by atoms with Crippen LogP contribution in [0.5, 0.6) is 0 Å². The summed E-state index contributed by atoms with van der Waals surface area (Å²) in [5.41, 5.74) is 0.971. The predicted molar refractivity (Wildman–Crippen MR) is 69.7 cm³/mol. The molecule has 0 bridgehead atoms. The van der Waals surface area contributed by atoms with Crippen molar-refractivity contribution in [2.45, 2.75) is 32.2 Å². The summed E-state index contributed by atoms with van der Waals surface area (Å²) in [6.45, 7) is 2.55. The van der Waals surface area contributed by atoms with Crippen LogP contribution >= 0.6 is 11.3 Å². The van der Waals surface area contributed by atoms with E-state index in [1.807, 2.05) is 18.4 Å². The first kappa shape index (κ1) is 13.1. The SMILES string of the molecule is COC(=O)[C@@H]1CCCCN1C(=O)c1sccc1C. The van der Waals surface area contributed by atoms with Crippen LogP contribution in [0.1, 0.15) is 34.5 Å². The van der Waals surface area contributed by atoms with E-state index in [1.165, 1.54) is 18.4 Å². The number of hydrogen-bond acceptors (Lipinski definition) is 4. The van der Waals surface area contributed by atoms with Gasteiger partial charge >= 0.3 is 5.97 Å². The number of esters is 1. The van der Waals surface area contributed by atoms with E-state index in [-0.39, 0.29) is 11.9 Å². The number of rotatable bonds is 2. The van der Waals surface area contributed by atoms with Crippen LogP contribution in [0.15, 0.2) is 11.4 Å². The highest BCUT2D eigenvalue weighted by Gasteiger charge is 2.34. The number of likely N-dealkylation sites (tertiary alicyclic amines) is 1. The molecular formula is C13H17NO3S. The lowest BCUT2D eigenvalue weighted by Crippen LogP contribution is -2.48. The molecule has 0 saturated carbocycles. The van der Waals surface area contributed by atoms with Gasteiger partial charge in [-0.15, -0.1) is 11.3 Å². The molecule has 18 heavy (non-hydrogen) atoms. The number of ether oxygens (including phenoxy) is 1. The lowest BCUT2D eigenvalue weighted by molar-refractivity contribution is -0.147. The molecule has 0 aliphatic carbocycles. The first-order chi connectivity index (χ1) is 8.65. The van der Waals surface area contributed by atoms with Crippen molar-refractivity contribution in [1.82, 2.24) is 4.90 Å². The molecule has 4 nitrogen and oxygen atoms in total. The van der Waals surface area contributed by atoms with E-state index in [0.717, 1.165) is 23.3 Å². The second-order valence-corrected chi connectivity index (χ2v) is 5.38. The van der Waals surface area contributed by atoms with Gasteiger partial charge < -0.3 is 9.64 Å². The van der Waals surface area contributed by atoms with Crippen molar-refractivity contribution in [1.29, 1.82) is 0 Å². The van der Waals surface area contributed by atoms with Gasteiger partial charge in [-0.3, -0.25) is 4.79 Å². The standard InChI is InChI=1S/C13H17NO3S/c1-9-6-8-18-11(9)12(15)14-7-4-3-5-10(14)13(16)17-2/h6,8,10H,3-5,7H2,1-2H3/t10-/m0/s1. The van der Waals surface area contributed by atoms with Crippen molar-refractivity contribution in [3.05, 3.63) is 21.9 Å².